The van der Waals surface area contributed by atoms with Gasteiger partial charge in [-0.15, -0.1) is 0 Å². The van der Waals surface area contributed by atoms with E-state index in [9.17, 15) is 14.7 Å². The van der Waals surface area contributed by atoms with Crippen LogP contribution in [0.2, 0.25) is 0 Å². The molecule has 0 spiro atoms. The first-order valence-electron chi connectivity index (χ1n) is 8.01. The number of amides is 1. The van der Waals surface area contributed by atoms with E-state index in [-0.39, 0.29) is 12.5 Å². The van der Waals surface area contributed by atoms with Crippen LogP contribution in [0.4, 0.5) is 0 Å². The van der Waals surface area contributed by atoms with Crippen LogP contribution in [0.3, 0.4) is 0 Å². The van der Waals surface area contributed by atoms with Crippen LogP contribution in [0, 0.1) is 12.8 Å². The predicted molar refractivity (Wildman–Crippen MR) is 85.6 cm³/mol. The second-order valence-corrected chi connectivity index (χ2v) is 6.12. The van der Waals surface area contributed by atoms with Crippen LogP contribution in [0.1, 0.15) is 41.5 Å². The summed E-state index contributed by atoms with van der Waals surface area (Å²) in [4.78, 5) is 30.4. The van der Waals surface area contributed by atoms with Crippen LogP contribution >= 0.6 is 0 Å². The Kier molecular flexibility index (Phi) is 4.07. The topological polar surface area (TPSA) is 74.9 Å². The number of carboxylic acids is 1. The summed E-state index contributed by atoms with van der Waals surface area (Å²) >= 11 is 0. The number of carboxylic acid groups (broad SMARTS) is 1. The zero-order chi connectivity index (χ0) is 16.6. The summed E-state index contributed by atoms with van der Waals surface area (Å²) in [5.74, 6) is -1.42. The summed E-state index contributed by atoms with van der Waals surface area (Å²) in [6.45, 7) is 4.84. The van der Waals surface area contributed by atoms with Crippen molar-refractivity contribution >= 4 is 17.5 Å². The first-order chi connectivity index (χ1) is 11.0. The SMILES string of the molecule is CCc1nc2cc(C)ccn2c1C(=O)N1CCCC(C(=O)O)C1. The summed E-state index contributed by atoms with van der Waals surface area (Å²) in [6, 6.07) is 3.90. The van der Waals surface area contributed by atoms with Crippen LogP contribution in [0.5, 0.6) is 0 Å². The zero-order valence-electron chi connectivity index (χ0n) is 13.5. The lowest BCUT2D eigenvalue weighted by Gasteiger charge is -2.30. The molecule has 1 unspecified atom stereocenters. The second-order valence-electron chi connectivity index (χ2n) is 6.12. The number of aryl methyl sites for hydroxylation is 2. The van der Waals surface area contributed by atoms with E-state index in [2.05, 4.69) is 4.98 Å². The molecule has 1 aliphatic heterocycles. The summed E-state index contributed by atoms with van der Waals surface area (Å²) in [6.07, 6.45) is 3.88. The van der Waals surface area contributed by atoms with Gasteiger partial charge in [0.25, 0.3) is 5.91 Å². The van der Waals surface area contributed by atoms with Crippen molar-refractivity contribution in [2.45, 2.75) is 33.1 Å². The van der Waals surface area contributed by atoms with E-state index in [0.29, 0.717) is 25.1 Å². The van der Waals surface area contributed by atoms with Crippen molar-refractivity contribution in [2.24, 2.45) is 5.92 Å². The minimum absolute atomic E-state index is 0.121. The Bertz CT molecular complexity index is 766. The molecule has 23 heavy (non-hydrogen) atoms. The Balaban J connectivity index is 1.98. The highest BCUT2D eigenvalue weighted by atomic mass is 16.4. The third-order valence-electron chi connectivity index (χ3n) is 4.45. The van der Waals surface area contributed by atoms with Crippen LogP contribution < -0.4 is 0 Å². The quantitative estimate of drug-likeness (QED) is 0.941. The third kappa shape index (κ3) is 2.81. The molecule has 1 N–H and O–H groups in total. The molecule has 2 aromatic rings. The summed E-state index contributed by atoms with van der Waals surface area (Å²) in [7, 11) is 0. The Morgan fingerprint density at radius 3 is 2.91 bits per heavy atom. The number of pyridine rings is 1. The van der Waals surface area contributed by atoms with Crippen molar-refractivity contribution in [1.29, 1.82) is 0 Å². The van der Waals surface area contributed by atoms with E-state index in [1.54, 1.807) is 4.90 Å². The number of hydrogen-bond acceptors (Lipinski definition) is 3. The maximum absolute atomic E-state index is 13.0. The number of carbonyl (C=O) groups is 2. The highest BCUT2D eigenvalue weighted by Crippen LogP contribution is 2.22. The molecule has 1 saturated heterocycles. The lowest BCUT2D eigenvalue weighted by atomic mass is 9.98. The normalized spacial score (nSPS) is 18.3. The number of fused-ring (bicyclic) bond motifs is 1. The van der Waals surface area contributed by atoms with Gasteiger partial charge in [0.05, 0.1) is 11.6 Å². The standard InChI is InChI=1S/C17H21N3O3/c1-3-13-15(20-8-6-11(2)9-14(20)18-13)16(21)19-7-4-5-12(10-19)17(22)23/h6,8-9,12H,3-5,7,10H2,1-2H3,(H,22,23). The number of aliphatic carboxylic acids is 1. The molecule has 3 heterocycles. The molecule has 6 heteroatoms. The van der Waals surface area contributed by atoms with E-state index >= 15 is 0 Å². The van der Waals surface area contributed by atoms with E-state index in [1.165, 1.54) is 0 Å². The molecule has 2 aromatic heterocycles. The van der Waals surface area contributed by atoms with Gasteiger partial charge in [-0.05, 0) is 43.9 Å². The molecule has 1 aliphatic rings. The number of likely N-dealkylation sites (tertiary alicyclic amines) is 1. The van der Waals surface area contributed by atoms with E-state index < -0.39 is 11.9 Å². The van der Waals surface area contributed by atoms with Crippen molar-refractivity contribution in [1.82, 2.24) is 14.3 Å². The fourth-order valence-electron chi connectivity index (χ4n) is 3.18. The lowest BCUT2D eigenvalue weighted by molar-refractivity contribution is -0.143. The van der Waals surface area contributed by atoms with Gasteiger partial charge < -0.3 is 10.0 Å². The molecule has 122 valence electrons. The average Bonchev–Trinajstić information content (AvgIpc) is 2.91. The van der Waals surface area contributed by atoms with Gasteiger partial charge in [-0.1, -0.05) is 6.92 Å². The molecule has 0 aromatic carbocycles. The van der Waals surface area contributed by atoms with Gasteiger partial charge in [0.15, 0.2) is 0 Å². The smallest absolute Gasteiger partial charge is 0.308 e. The van der Waals surface area contributed by atoms with Crippen molar-refractivity contribution in [3.8, 4) is 0 Å². The Morgan fingerprint density at radius 2 is 2.22 bits per heavy atom. The number of nitrogens with zero attached hydrogens (tertiary/aromatic N) is 3. The van der Waals surface area contributed by atoms with Crippen LogP contribution in [0.25, 0.3) is 5.65 Å². The fraction of sp³-hybridized carbons (Fsp3) is 0.471. The molecule has 1 fully saturated rings. The zero-order valence-corrected chi connectivity index (χ0v) is 13.5. The van der Waals surface area contributed by atoms with Crippen molar-refractivity contribution in [2.75, 3.05) is 13.1 Å². The number of rotatable bonds is 3. The molecule has 0 radical (unpaired) electrons. The maximum atomic E-state index is 13.0. The average molecular weight is 315 g/mol. The van der Waals surface area contributed by atoms with Gasteiger partial charge in [-0.3, -0.25) is 14.0 Å². The second kappa shape index (κ2) is 6.02. The molecule has 0 aliphatic carbocycles. The Morgan fingerprint density at radius 1 is 1.43 bits per heavy atom. The van der Waals surface area contributed by atoms with Gasteiger partial charge in [0, 0.05) is 19.3 Å². The molecule has 3 rings (SSSR count). The molecule has 6 nitrogen and oxygen atoms in total. The molecule has 0 bridgehead atoms. The molecular weight excluding hydrogens is 294 g/mol. The van der Waals surface area contributed by atoms with Crippen LogP contribution in [-0.4, -0.2) is 44.4 Å². The Labute approximate surface area is 134 Å². The highest BCUT2D eigenvalue weighted by Gasteiger charge is 2.31. The molecular formula is C17H21N3O3. The van der Waals surface area contributed by atoms with Gasteiger partial charge in [-0.25, -0.2) is 4.98 Å². The van der Waals surface area contributed by atoms with Gasteiger partial charge in [0.2, 0.25) is 0 Å². The van der Waals surface area contributed by atoms with Crippen molar-refractivity contribution in [3.63, 3.8) is 0 Å². The number of piperidine rings is 1. The maximum Gasteiger partial charge on any atom is 0.308 e. The minimum atomic E-state index is -0.827. The largest absolute Gasteiger partial charge is 0.481 e. The lowest BCUT2D eigenvalue weighted by Crippen LogP contribution is -2.43. The van der Waals surface area contributed by atoms with Gasteiger partial charge in [-0.2, -0.15) is 0 Å². The van der Waals surface area contributed by atoms with E-state index in [0.717, 1.165) is 23.3 Å². The number of hydrogen-bond donors (Lipinski definition) is 1. The summed E-state index contributed by atoms with van der Waals surface area (Å²) in [5.41, 5.74) is 3.18. The number of aromatic nitrogens is 2. The van der Waals surface area contributed by atoms with Gasteiger partial charge in [0.1, 0.15) is 11.3 Å². The highest BCUT2D eigenvalue weighted by molar-refractivity contribution is 5.95. The molecule has 1 amide bonds. The first kappa shape index (κ1) is 15.5. The summed E-state index contributed by atoms with van der Waals surface area (Å²) < 4.78 is 1.82. The monoisotopic (exact) mass is 315 g/mol. The predicted octanol–water partition coefficient (Wildman–Crippen LogP) is 2.14. The van der Waals surface area contributed by atoms with E-state index in [1.807, 2.05) is 36.6 Å². The van der Waals surface area contributed by atoms with Gasteiger partial charge >= 0.3 is 5.97 Å². The fourth-order valence-corrected chi connectivity index (χ4v) is 3.18. The van der Waals surface area contributed by atoms with Crippen LogP contribution in [0.15, 0.2) is 18.3 Å². The number of imidazole rings is 1. The van der Waals surface area contributed by atoms with Crippen molar-refractivity contribution < 1.29 is 14.7 Å². The third-order valence-corrected chi connectivity index (χ3v) is 4.45. The first-order valence-corrected chi connectivity index (χ1v) is 8.01. The minimum Gasteiger partial charge on any atom is -0.481 e. The number of carbonyl (C=O) groups excluding carboxylic acids is 1. The summed E-state index contributed by atoms with van der Waals surface area (Å²) in [5, 5.41) is 9.22. The Hall–Kier alpha value is -2.37. The molecule has 1 atom stereocenters. The van der Waals surface area contributed by atoms with Crippen molar-refractivity contribution in [3.05, 3.63) is 35.3 Å². The molecule has 0 saturated carbocycles. The van der Waals surface area contributed by atoms with E-state index in [4.69, 9.17) is 0 Å². The van der Waals surface area contributed by atoms with Crippen LogP contribution in [-0.2, 0) is 11.2 Å².